The molecule has 3 unspecified atom stereocenters. The van der Waals surface area contributed by atoms with Crippen molar-refractivity contribution in [3.05, 3.63) is 12.2 Å². The second kappa shape index (κ2) is 49.6. The van der Waals surface area contributed by atoms with E-state index in [1.165, 1.54) is 199 Å². The number of hydrogen-bond acceptors (Lipinski definition) is 5. The van der Waals surface area contributed by atoms with Gasteiger partial charge in [0.1, 0.15) is 6.10 Å². The van der Waals surface area contributed by atoms with E-state index in [1.54, 1.807) is 0 Å². The Kier molecular flexibility index (Phi) is 48.5. The van der Waals surface area contributed by atoms with Crippen molar-refractivity contribution < 1.29 is 24.5 Å². The molecule has 0 fully saturated rings. The van der Waals surface area contributed by atoms with E-state index in [1.807, 2.05) is 0 Å². The zero-order valence-corrected chi connectivity index (χ0v) is 41.3. The van der Waals surface area contributed by atoms with Gasteiger partial charge in [0.2, 0.25) is 5.91 Å². The van der Waals surface area contributed by atoms with E-state index in [4.69, 9.17) is 4.74 Å². The number of amides is 1. The number of ether oxygens (including phenoxy) is 1. The van der Waals surface area contributed by atoms with Crippen molar-refractivity contribution >= 4 is 11.9 Å². The molecule has 0 bridgehead atoms. The average molecular weight is 862 g/mol. The van der Waals surface area contributed by atoms with Crippen molar-refractivity contribution in [1.82, 2.24) is 5.32 Å². The van der Waals surface area contributed by atoms with Crippen molar-refractivity contribution in [2.75, 3.05) is 6.61 Å². The lowest BCUT2D eigenvalue weighted by Gasteiger charge is -2.24. The first kappa shape index (κ1) is 59.6. The molecule has 0 saturated heterocycles. The summed E-state index contributed by atoms with van der Waals surface area (Å²) in [5.41, 5.74) is 0. The molecule has 0 radical (unpaired) electrons. The number of rotatable bonds is 50. The fourth-order valence-electron chi connectivity index (χ4n) is 8.66. The molecule has 0 aliphatic carbocycles. The number of unbranched alkanes of at least 4 members (excludes halogenated alkanes) is 36. The molecule has 0 spiro atoms. The zero-order valence-electron chi connectivity index (χ0n) is 41.3. The topological polar surface area (TPSA) is 95.9 Å². The van der Waals surface area contributed by atoms with E-state index >= 15 is 0 Å². The number of esters is 1. The maximum atomic E-state index is 13.2. The molecular formula is C55H107NO5. The minimum Gasteiger partial charge on any atom is -0.462 e. The number of allylic oxidation sites excluding steroid dienone is 2. The Hall–Kier alpha value is -1.40. The summed E-state index contributed by atoms with van der Waals surface area (Å²) < 4.78 is 5.94. The average Bonchev–Trinajstić information content (AvgIpc) is 3.25. The molecule has 0 saturated carbocycles. The number of carbonyl (C=O) groups excluding carboxylic acids is 2. The second-order valence-corrected chi connectivity index (χ2v) is 19.0. The van der Waals surface area contributed by atoms with Crippen molar-refractivity contribution in [3.8, 4) is 0 Å². The maximum Gasteiger partial charge on any atom is 0.306 e. The Morgan fingerprint density at radius 3 is 1.18 bits per heavy atom. The summed E-state index contributed by atoms with van der Waals surface area (Å²) in [6, 6.07) is -0.698. The SMILES string of the molecule is CCCCCC/C=C\CCCCCCCC(CC(=O)NC(CO)C(O)CCCCCCCCCCCCCCCCC)OC(=O)CCCCCCCCCCCCCCCC. The minimum atomic E-state index is -0.784. The van der Waals surface area contributed by atoms with Crippen LogP contribution in [0.1, 0.15) is 303 Å². The highest BCUT2D eigenvalue weighted by Gasteiger charge is 2.24. The van der Waals surface area contributed by atoms with Gasteiger partial charge in [-0.05, 0) is 51.4 Å². The summed E-state index contributed by atoms with van der Waals surface area (Å²) in [6.45, 7) is 6.50. The number of carbonyl (C=O) groups is 2. The fourth-order valence-corrected chi connectivity index (χ4v) is 8.66. The Morgan fingerprint density at radius 1 is 0.459 bits per heavy atom. The summed E-state index contributed by atoms with van der Waals surface area (Å²) in [6.07, 6.45) is 55.5. The van der Waals surface area contributed by atoms with Crippen LogP contribution in [0.5, 0.6) is 0 Å². The fraction of sp³-hybridized carbons (Fsp3) is 0.927. The van der Waals surface area contributed by atoms with Gasteiger partial charge in [-0.25, -0.2) is 0 Å². The highest BCUT2D eigenvalue weighted by Crippen LogP contribution is 2.19. The standard InChI is InChI=1S/C55H107NO5/c1-4-7-10-13-16-19-22-25-27-29-32-35-38-41-44-47-53(58)52(50-57)56-54(59)49-51(46-43-40-37-34-31-28-24-21-18-15-12-9-6-3)61-55(60)48-45-42-39-36-33-30-26-23-20-17-14-11-8-5-2/h21,24,51-53,57-58H,4-20,22-23,25-50H2,1-3H3,(H,56,59)/b24-21-. The van der Waals surface area contributed by atoms with Gasteiger partial charge in [-0.1, -0.05) is 251 Å². The lowest BCUT2D eigenvalue weighted by atomic mass is 10.0. The highest BCUT2D eigenvalue weighted by atomic mass is 16.5. The van der Waals surface area contributed by atoms with Crippen LogP contribution >= 0.6 is 0 Å². The van der Waals surface area contributed by atoms with E-state index in [0.29, 0.717) is 19.3 Å². The van der Waals surface area contributed by atoms with Crippen LogP contribution in [0.3, 0.4) is 0 Å². The van der Waals surface area contributed by atoms with Crippen LogP contribution in [-0.4, -0.2) is 46.9 Å². The van der Waals surface area contributed by atoms with E-state index in [2.05, 4.69) is 38.2 Å². The largest absolute Gasteiger partial charge is 0.462 e. The van der Waals surface area contributed by atoms with Crippen LogP contribution in [0.4, 0.5) is 0 Å². The van der Waals surface area contributed by atoms with Crippen LogP contribution in [0, 0.1) is 0 Å². The first-order valence-electron chi connectivity index (χ1n) is 27.4. The second-order valence-electron chi connectivity index (χ2n) is 19.0. The van der Waals surface area contributed by atoms with Crippen molar-refractivity contribution in [1.29, 1.82) is 0 Å². The quantitative estimate of drug-likeness (QED) is 0.0322. The van der Waals surface area contributed by atoms with Gasteiger partial charge in [0, 0.05) is 6.42 Å². The third-order valence-electron chi connectivity index (χ3n) is 12.8. The molecule has 0 aromatic heterocycles. The number of hydrogen-bond donors (Lipinski definition) is 3. The summed E-state index contributed by atoms with van der Waals surface area (Å²) >= 11 is 0. The number of nitrogens with one attached hydrogen (secondary N) is 1. The van der Waals surface area contributed by atoms with Gasteiger partial charge in [-0.15, -0.1) is 0 Å². The summed E-state index contributed by atoms with van der Waals surface area (Å²) in [7, 11) is 0. The normalized spacial score (nSPS) is 13.2. The minimum absolute atomic E-state index is 0.0791. The first-order chi connectivity index (χ1) is 30.0. The van der Waals surface area contributed by atoms with Crippen LogP contribution in [-0.2, 0) is 14.3 Å². The molecule has 6 nitrogen and oxygen atoms in total. The third-order valence-corrected chi connectivity index (χ3v) is 12.8. The van der Waals surface area contributed by atoms with Crippen LogP contribution in [0.2, 0.25) is 0 Å². The Labute approximate surface area is 380 Å². The molecule has 1 amide bonds. The maximum absolute atomic E-state index is 13.2. The molecule has 0 aromatic carbocycles. The van der Waals surface area contributed by atoms with E-state index in [-0.39, 0.29) is 24.9 Å². The van der Waals surface area contributed by atoms with Gasteiger partial charge in [0.05, 0.1) is 25.2 Å². The predicted molar refractivity (Wildman–Crippen MR) is 264 cm³/mol. The lowest BCUT2D eigenvalue weighted by Crippen LogP contribution is -2.46. The van der Waals surface area contributed by atoms with E-state index in [0.717, 1.165) is 57.8 Å². The van der Waals surface area contributed by atoms with E-state index in [9.17, 15) is 19.8 Å². The Balaban J connectivity index is 4.50. The summed E-state index contributed by atoms with van der Waals surface area (Å²) in [5, 5.41) is 23.8. The monoisotopic (exact) mass is 862 g/mol. The van der Waals surface area contributed by atoms with Gasteiger partial charge in [-0.3, -0.25) is 9.59 Å². The summed E-state index contributed by atoms with van der Waals surface area (Å²) in [4.78, 5) is 26.2. The van der Waals surface area contributed by atoms with Crippen LogP contribution in [0.25, 0.3) is 0 Å². The lowest BCUT2D eigenvalue weighted by molar-refractivity contribution is -0.151. The number of aliphatic hydroxyl groups is 2. The first-order valence-corrected chi connectivity index (χ1v) is 27.4. The zero-order chi connectivity index (χ0) is 44.5. The molecule has 3 N–H and O–H groups in total. The van der Waals surface area contributed by atoms with Gasteiger partial charge in [-0.2, -0.15) is 0 Å². The van der Waals surface area contributed by atoms with Gasteiger partial charge in [0.25, 0.3) is 0 Å². The molecule has 0 aromatic rings. The predicted octanol–water partition coefficient (Wildman–Crippen LogP) is 16.5. The molecule has 61 heavy (non-hydrogen) atoms. The van der Waals surface area contributed by atoms with E-state index < -0.39 is 18.2 Å². The molecule has 0 aliphatic rings. The molecule has 0 heterocycles. The van der Waals surface area contributed by atoms with Crippen molar-refractivity contribution in [2.24, 2.45) is 0 Å². The number of aliphatic hydroxyl groups excluding tert-OH is 2. The molecule has 3 atom stereocenters. The van der Waals surface area contributed by atoms with Crippen molar-refractivity contribution in [3.63, 3.8) is 0 Å². The third kappa shape index (κ3) is 45.0. The highest BCUT2D eigenvalue weighted by molar-refractivity contribution is 5.77. The molecule has 0 rings (SSSR count). The van der Waals surface area contributed by atoms with Gasteiger partial charge >= 0.3 is 5.97 Å². The van der Waals surface area contributed by atoms with Crippen LogP contribution < -0.4 is 5.32 Å². The van der Waals surface area contributed by atoms with Crippen molar-refractivity contribution in [2.45, 2.75) is 322 Å². The molecule has 6 heteroatoms. The molecule has 362 valence electrons. The Morgan fingerprint density at radius 2 is 0.787 bits per heavy atom. The Bertz CT molecular complexity index is 924. The van der Waals surface area contributed by atoms with Gasteiger partial charge in [0.15, 0.2) is 0 Å². The molecular weight excluding hydrogens is 755 g/mol. The molecule has 0 aliphatic heterocycles. The smallest absolute Gasteiger partial charge is 0.306 e. The van der Waals surface area contributed by atoms with Gasteiger partial charge < -0.3 is 20.3 Å². The van der Waals surface area contributed by atoms with Crippen LogP contribution in [0.15, 0.2) is 12.2 Å². The summed E-state index contributed by atoms with van der Waals surface area (Å²) in [5.74, 6) is -0.463.